The molecule has 1 fully saturated rings. The molecule has 1 aliphatic carbocycles. The SMILES string of the molecule is Cc1cccn([C@@H]2CC[C@H]2O)c1=O. The fourth-order valence-corrected chi connectivity index (χ4v) is 1.67. The number of hydrogen-bond donors (Lipinski definition) is 1. The van der Waals surface area contributed by atoms with Crippen LogP contribution in [0.2, 0.25) is 0 Å². The first kappa shape index (κ1) is 8.51. The molecule has 2 atom stereocenters. The summed E-state index contributed by atoms with van der Waals surface area (Å²) in [7, 11) is 0. The van der Waals surface area contributed by atoms with E-state index in [1.54, 1.807) is 23.8 Å². The molecule has 0 aliphatic heterocycles. The highest BCUT2D eigenvalue weighted by molar-refractivity contribution is 5.09. The summed E-state index contributed by atoms with van der Waals surface area (Å²) in [6.45, 7) is 1.80. The highest BCUT2D eigenvalue weighted by atomic mass is 16.3. The van der Waals surface area contributed by atoms with Crippen LogP contribution in [0, 0.1) is 6.92 Å². The van der Waals surface area contributed by atoms with Gasteiger partial charge in [0.2, 0.25) is 0 Å². The van der Waals surface area contributed by atoms with Gasteiger partial charge >= 0.3 is 0 Å². The maximum absolute atomic E-state index is 11.6. The van der Waals surface area contributed by atoms with Gasteiger partial charge in [-0.05, 0) is 25.8 Å². The minimum absolute atomic E-state index is 0.00685. The molecule has 3 heteroatoms. The Hall–Kier alpha value is -1.09. The summed E-state index contributed by atoms with van der Waals surface area (Å²) in [5.74, 6) is 0. The van der Waals surface area contributed by atoms with Crippen LogP contribution in [0.25, 0.3) is 0 Å². The van der Waals surface area contributed by atoms with Crippen molar-refractivity contribution < 1.29 is 5.11 Å². The van der Waals surface area contributed by atoms with Gasteiger partial charge in [0.05, 0.1) is 12.1 Å². The van der Waals surface area contributed by atoms with Crippen LogP contribution in [0.3, 0.4) is 0 Å². The first-order valence-electron chi connectivity index (χ1n) is 4.56. The van der Waals surface area contributed by atoms with Crippen LogP contribution in [-0.2, 0) is 0 Å². The molecule has 0 saturated heterocycles. The minimum atomic E-state index is -0.334. The highest BCUT2D eigenvalue weighted by Gasteiger charge is 2.30. The Morgan fingerprint density at radius 3 is 2.85 bits per heavy atom. The first-order chi connectivity index (χ1) is 6.20. The zero-order valence-corrected chi connectivity index (χ0v) is 7.60. The van der Waals surface area contributed by atoms with E-state index in [0.717, 1.165) is 18.4 Å². The Morgan fingerprint density at radius 1 is 1.54 bits per heavy atom. The van der Waals surface area contributed by atoms with Gasteiger partial charge < -0.3 is 9.67 Å². The fourth-order valence-electron chi connectivity index (χ4n) is 1.67. The Morgan fingerprint density at radius 2 is 2.31 bits per heavy atom. The summed E-state index contributed by atoms with van der Waals surface area (Å²) in [4.78, 5) is 11.6. The largest absolute Gasteiger partial charge is 0.391 e. The third-order valence-electron chi connectivity index (χ3n) is 2.72. The van der Waals surface area contributed by atoms with E-state index in [2.05, 4.69) is 0 Å². The van der Waals surface area contributed by atoms with Crippen LogP contribution in [0.15, 0.2) is 23.1 Å². The molecule has 70 valence electrons. The third kappa shape index (κ3) is 1.29. The van der Waals surface area contributed by atoms with Crippen LogP contribution in [0.4, 0.5) is 0 Å². The lowest BCUT2D eigenvalue weighted by Gasteiger charge is -2.33. The van der Waals surface area contributed by atoms with Crippen LogP contribution >= 0.6 is 0 Å². The van der Waals surface area contributed by atoms with Crippen LogP contribution < -0.4 is 5.56 Å². The van der Waals surface area contributed by atoms with Crippen LogP contribution in [0.1, 0.15) is 24.4 Å². The first-order valence-corrected chi connectivity index (χ1v) is 4.56. The lowest BCUT2D eigenvalue weighted by atomic mass is 9.89. The van der Waals surface area contributed by atoms with Crippen molar-refractivity contribution in [1.82, 2.24) is 4.57 Å². The molecule has 3 nitrogen and oxygen atoms in total. The van der Waals surface area contributed by atoms with Crippen molar-refractivity contribution in [3.05, 3.63) is 34.2 Å². The van der Waals surface area contributed by atoms with Gasteiger partial charge in [0.25, 0.3) is 5.56 Å². The second-order valence-electron chi connectivity index (χ2n) is 3.62. The molecule has 0 amide bonds. The molecule has 1 aromatic heterocycles. The molecule has 13 heavy (non-hydrogen) atoms. The molecular formula is C10H13NO2. The fraction of sp³-hybridized carbons (Fsp3) is 0.500. The predicted molar refractivity (Wildman–Crippen MR) is 49.7 cm³/mol. The summed E-state index contributed by atoms with van der Waals surface area (Å²) in [5.41, 5.74) is 0.757. The number of aromatic nitrogens is 1. The topological polar surface area (TPSA) is 42.2 Å². The second-order valence-corrected chi connectivity index (χ2v) is 3.62. The van der Waals surface area contributed by atoms with Gasteiger partial charge in [0, 0.05) is 11.8 Å². The quantitative estimate of drug-likeness (QED) is 0.694. The maximum atomic E-state index is 11.6. The Labute approximate surface area is 76.6 Å². The number of aryl methyl sites for hydroxylation is 1. The van der Waals surface area contributed by atoms with E-state index in [1.165, 1.54) is 0 Å². The molecule has 1 aromatic rings. The number of rotatable bonds is 1. The monoisotopic (exact) mass is 179 g/mol. The Balaban J connectivity index is 2.40. The number of pyridine rings is 1. The van der Waals surface area contributed by atoms with Gasteiger partial charge in [-0.25, -0.2) is 0 Å². The van der Waals surface area contributed by atoms with Crippen LogP contribution in [0.5, 0.6) is 0 Å². The van der Waals surface area contributed by atoms with Gasteiger partial charge in [-0.2, -0.15) is 0 Å². The van der Waals surface area contributed by atoms with E-state index in [-0.39, 0.29) is 17.7 Å². The average molecular weight is 179 g/mol. The Kier molecular flexibility index (Phi) is 1.96. The van der Waals surface area contributed by atoms with E-state index < -0.39 is 0 Å². The maximum Gasteiger partial charge on any atom is 0.253 e. The van der Waals surface area contributed by atoms with Gasteiger partial charge in [0.1, 0.15) is 0 Å². The van der Waals surface area contributed by atoms with Crippen LogP contribution in [-0.4, -0.2) is 15.8 Å². The smallest absolute Gasteiger partial charge is 0.253 e. The number of aliphatic hydroxyl groups excluding tert-OH is 1. The van der Waals surface area contributed by atoms with Crippen molar-refractivity contribution in [3.63, 3.8) is 0 Å². The molecule has 1 saturated carbocycles. The summed E-state index contributed by atoms with van der Waals surface area (Å²) in [6, 6.07) is 3.65. The molecule has 1 heterocycles. The molecule has 1 N–H and O–H groups in total. The highest BCUT2D eigenvalue weighted by Crippen LogP contribution is 2.30. The zero-order chi connectivity index (χ0) is 9.42. The second kappa shape index (κ2) is 3.00. The molecule has 1 aliphatic rings. The van der Waals surface area contributed by atoms with Crippen molar-refractivity contribution in [3.8, 4) is 0 Å². The molecular weight excluding hydrogens is 166 g/mol. The van der Waals surface area contributed by atoms with E-state index in [1.807, 2.05) is 6.07 Å². The molecule has 0 radical (unpaired) electrons. The summed E-state index contributed by atoms with van der Waals surface area (Å²) in [6.07, 6.45) is 3.14. The zero-order valence-electron chi connectivity index (χ0n) is 7.60. The summed E-state index contributed by atoms with van der Waals surface area (Å²) >= 11 is 0. The van der Waals surface area contributed by atoms with Gasteiger partial charge in [-0.1, -0.05) is 6.07 Å². The molecule has 2 rings (SSSR count). The van der Waals surface area contributed by atoms with Crippen molar-refractivity contribution in [2.75, 3.05) is 0 Å². The summed E-state index contributed by atoms with van der Waals surface area (Å²) < 4.78 is 1.64. The van der Waals surface area contributed by atoms with Crippen molar-refractivity contribution >= 4 is 0 Å². The van der Waals surface area contributed by atoms with E-state index in [9.17, 15) is 9.90 Å². The van der Waals surface area contributed by atoms with E-state index >= 15 is 0 Å². The van der Waals surface area contributed by atoms with Gasteiger partial charge in [0.15, 0.2) is 0 Å². The van der Waals surface area contributed by atoms with Crippen molar-refractivity contribution in [1.29, 1.82) is 0 Å². The molecule has 0 aromatic carbocycles. The lowest BCUT2D eigenvalue weighted by molar-refractivity contribution is 0.0298. The van der Waals surface area contributed by atoms with E-state index in [4.69, 9.17) is 0 Å². The van der Waals surface area contributed by atoms with Crippen molar-refractivity contribution in [2.45, 2.75) is 31.9 Å². The number of aliphatic hydroxyl groups is 1. The van der Waals surface area contributed by atoms with E-state index in [0.29, 0.717) is 0 Å². The number of hydrogen-bond acceptors (Lipinski definition) is 2. The van der Waals surface area contributed by atoms with Gasteiger partial charge in [-0.3, -0.25) is 4.79 Å². The summed E-state index contributed by atoms with van der Waals surface area (Å²) in [5, 5.41) is 9.42. The lowest BCUT2D eigenvalue weighted by Crippen LogP contribution is -2.39. The molecule has 0 bridgehead atoms. The normalized spacial score (nSPS) is 26.9. The Bertz CT molecular complexity index is 369. The predicted octanol–water partition coefficient (Wildman–Crippen LogP) is 0.853. The minimum Gasteiger partial charge on any atom is -0.391 e. The number of nitrogens with zero attached hydrogens (tertiary/aromatic N) is 1. The standard InChI is InChI=1S/C10H13NO2/c1-7-3-2-6-11(10(7)13)8-4-5-9(8)12/h2-3,6,8-9,12H,4-5H2,1H3/t8-,9-/m1/s1. The van der Waals surface area contributed by atoms with Gasteiger partial charge in [-0.15, -0.1) is 0 Å². The molecule has 0 unspecified atom stereocenters. The van der Waals surface area contributed by atoms with Crippen molar-refractivity contribution in [2.24, 2.45) is 0 Å². The molecule has 0 spiro atoms. The average Bonchev–Trinajstić information content (AvgIpc) is 2.10. The third-order valence-corrected chi connectivity index (χ3v) is 2.72.